The van der Waals surface area contributed by atoms with Crippen molar-refractivity contribution in [2.75, 3.05) is 20.1 Å². The summed E-state index contributed by atoms with van der Waals surface area (Å²) < 4.78 is 0. The standard InChI is InChI=1S/C13H26N2O2/c1-11-5-3-7-13(17,9-11)10-15-12(16)6-4-8-14-2/h11,14,17H,3-10H2,1-2H3,(H,15,16). The van der Waals surface area contributed by atoms with Crippen molar-refractivity contribution in [1.82, 2.24) is 10.6 Å². The van der Waals surface area contributed by atoms with Gasteiger partial charge in [-0.1, -0.05) is 19.8 Å². The second kappa shape index (κ2) is 6.97. The summed E-state index contributed by atoms with van der Waals surface area (Å²) in [5, 5.41) is 16.2. The Morgan fingerprint density at radius 3 is 2.94 bits per heavy atom. The van der Waals surface area contributed by atoms with E-state index in [1.165, 1.54) is 6.42 Å². The molecule has 0 aromatic rings. The summed E-state index contributed by atoms with van der Waals surface area (Å²) in [7, 11) is 1.88. The van der Waals surface area contributed by atoms with Crippen LogP contribution in [-0.4, -0.2) is 36.8 Å². The second-order valence-corrected chi connectivity index (χ2v) is 5.41. The van der Waals surface area contributed by atoms with Gasteiger partial charge in [-0.15, -0.1) is 0 Å². The topological polar surface area (TPSA) is 61.4 Å². The van der Waals surface area contributed by atoms with Crippen molar-refractivity contribution in [3.63, 3.8) is 0 Å². The summed E-state index contributed by atoms with van der Waals surface area (Å²) in [5.74, 6) is 0.613. The zero-order valence-corrected chi connectivity index (χ0v) is 11.1. The lowest BCUT2D eigenvalue weighted by Crippen LogP contribution is -2.45. The van der Waals surface area contributed by atoms with E-state index in [9.17, 15) is 9.90 Å². The number of carbonyl (C=O) groups excluding carboxylic acids is 1. The van der Waals surface area contributed by atoms with E-state index in [0.717, 1.165) is 32.2 Å². The minimum absolute atomic E-state index is 0.0481. The molecule has 3 N–H and O–H groups in total. The molecule has 100 valence electrons. The van der Waals surface area contributed by atoms with Gasteiger partial charge in [0.25, 0.3) is 0 Å². The Labute approximate surface area is 104 Å². The van der Waals surface area contributed by atoms with Crippen LogP contribution in [0.25, 0.3) is 0 Å². The first-order valence-electron chi connectivity index (χ1n) is 6.69. The number of hydrogen-bond donors (Lipinski definition) is 3. The normalized spacial score (nSPS) is 29.0. The van der Waals surface area contributed by atoms with Gasteiger partial charge >= 0.3 is 0 Å². The molecule has 1 aliphatic rings. The molecule has 1 aliphatic carbocycles. The van der Waals surface area contributed by atoms with Crippen LogP contribution in [0.3, 0.4) is 0 Å². The lowest BCUT2D eigenvalue weighted by molar-refractivity contribution is -0.123. The van der Waals surface area contributed by atoms with Crippen molar-refractivity contribution in [2.45, 2.75) is 51.0 Å². The molecule has 1 amide bonds. The third-order valence-electron chi connectivity index (χ3n) is 3.51. The Hall–Kier alpha value is -0.610. The van der Waals surface area contributed by atoms with Crippen molar-refractivity contribution in [1.29, 1.82) is 0 Å². The summed E-state index contributed by atoms with van der Waals surface area (Å²) in [5.41, 5.74) is -0.670. The van der Waals surface area contributed by atoms with Crippen LogP contribution in [0, 0.1) is 5.92 Å². The summed E-state index contributed by atoms with van der Waals surface area (Å²) >= 11 is 0. The molecule has 1 fully saturated rings. The molecule has 0 spiro atoms. The van der Waals surface area contributed by atoms with E-state index in [1.54, 1.807) is 0 Å². The number of nitrogens with one attached hydrogen (secondary N) is 2. The Bertz CT molecular complexity index is 246. The Kier molecular flexibility index (Phi) is 5.92. The van der Waals surface area contributed by atoms with Gasteiger partial charge in [-0.25, -0.2) is 0 Å². The van der Waals surface area contributed by atoms with E-state index < -0.39 is 5.60 Å². The Morgan fingerprint density at radius 2 is 2.29 bits per heavy atom. The third-order valence-corrected chi connectivity index (χ3v) is 3.51. The van der Waals surface area contributed by atoms with Crippen molar-refractivity contribution >= 4 is 5.91 Å². The molecular formula is C13H26N2O2. The molecule has 0 radical (unpaired) electrons. The predicted octanol–water partition coefficient (Wildman–Crippen LogP) is 1.04. The number of carbonyl (C=O) groups is 1. The molecule has 4 nitrogen and oxygen atoms in total. The van der Waals surface area contributed by atoms with Crippen LogP contribution >= 0.6 is 0 Å². The molecule has 0 saturated heterocycles. The minimum atomic E-state index is -0.670. The van der Waals surface area contributed by atoms with E-state index in [0.29, 0.717) is 18.9 Å². The van der Waals surface area contributed by atoms with Gasteiger partial charge < -0.3 is 15.7 Å². The van der Waals surface area contributed by atoms with E-state index >= 15 is 0 Å². The largest absolute Gasteiger partial charge is 0.388 e. The van der Waals surface area contributed by atoms with Crippen LogP contribution in [0.15, 0.2) is 0 Å². The van der Waals surface area contributed by atoms with Crippen LogP contribution < -0.4 is 10.6 Å². The lowest BCUT2D eigenvalue weighted by Gasteiger charge is -2.35. The fourth-order valence-corrected chi connectivity index (χ4v) is 2.57. The van der Waals surface area contributed by atoms with E-state index in [2.05, 4.69) is 17.6 Å². The fraction of sp³-hybridized carbons (Fsp3) is 0.923. The molecule has 2 atom stereocenters. The van der Waals surface area contributed by atoms with E-state index in [4.69, 9.17) is 0 Å². The van der Waals surface area contributed by atoms with Gasteiger partial charge in [0.2, 0.25) is 5.91 Å². The molecule has 2 unspecified atom stereocenters. The quantitative estimate of drug-likeness (QED) is 0.610. The SMILES string of the molecule is CNCCCC(=O)NCC1(O)CCCC(C)C1. The van der Waals surface area contributed by atoms with Gasteiger partial charge in [-0.2, -0.15) is 0 Å². The molecule has 0 bridgehead atoms. The number of hydrogen-bond acceptors (Lipinski definition) is 3. The molecule has 1 saturated carbocycles. The zero-order chi connectivity index (χ0) is 12.7. The highest BCUT2D eigenvalue weighted by Gasteiger charge is 2.32. The average molecular weight is 242 g/mol. The number of aliphatic hydroxyl groups is 1. The molecule has 17 heavy (non-hydrogen) atoms. The van der Waals surface area contributed by atoms with Crippen LogP contribution in [0.4, 0.5) is 0 Å². The van der Waals surface area contributed by atoms with Gasteiger partial charge in [0.15, 0.2) is 0 Å². The molecule has 0 aliphatic heterocycles. The van der Waals surface area contributed by atoms with Gasteiger partial charge in [0.05, 0.1) is 5.60 Å². The number of amides is 1. The summed E-state index contributed by atoms with van der Waals surface area (Å²) in [6, 6.07) is 0. The van der Waals surface area contributed by atoms with E-state index in [-0.39, 0.29) is 5.91 Å². The minimum Gasteiger partial charge on any atom is -0.388 e. The summed E-state index contributed by atoms with van der Waals surface area (Å²) in [6.07, 6.45) is 5.26. The monoisotopic (exact) mass is 242 g/mol. The predicted molar refractivity (Wildman–Crippen MR) is 68.8 cm³/mol. The van der Waals surface area contributed by atoms with Gasteiger partial charge in [-0.05, 0) is 38.8 Å². The Morgan fingerprint density at radius 1 is 1.53 bits per heavy atom. The smallest absolute Gasteiger partial charge is 0.220 e. The molecule has 1 rings (SSSR count). The van der Waals surface area contributed by atoms with Crippen LogP contribution in [0.5, 0.6) is 0 Å². The van der Waals surface area contributed by atoms with Gasteiger partial charge in [0.1, 0.15) is 0 Å². The molecule has 0 aromatic heterocycles. The molecular weight excluding hydrogens is 216 g/mol. The van der Waals surface area contributed by atoms with Gasteiger partial charge in [-0.3, -0.25) is 4.79 Å². The van der Waals surface area contributed by atoms with Crippen molar-refractivity contribution < 1.29 is 9.90 Å². The van der Waals surface area contributed by atoms with Crippen molar-refractivity contribution in [3.8, 4) is 0 Å². The highest BCUT2D eigenvalue weighted by molar-refractivity contribution is 5.75. The van der Waals surface area contributed by atoms with Crippen molar-refractivity contribution in [3.05, 3.63) is 0 Å². The summed E-state index contributed by atoms with van der Waals surface area (Å²) in [4.78, 5) is 11.5. The first-order chi connectivity index (χ1) is 8.06. The van der Waals surface area contributed by atoms with Crippen LogP contribution in [0.2, 0.25) is 0 Å². The first kappa shape index (κ1) is 14.5. The van der Waals surface area contributed by atoms with E-state index in [1.807, 2.05) is 7.05 Å². The lowest BCUT2D eigenvalue weighted by atomic mass is 9.79. The summed E-state index contributed by atoms with van der Waals surface area (Å²) in [6.45, 7) is 3.43. The first-order valence-corrected chi connectivity index (χ1v) is 6.69. The maximum Gasteiger partial charge on any atom is 0.220 e. The van der Waals surface area contributed by atoms with Crippen LogP contribution in [0.1, 0.15) is 45.4 Å². The molecule has 4 heteroatoms. The average Bonchev–Trinajstić information content (AvgIpc) is 2.27. The second-order valence-electron chi connectivity index (χ2n) is 5.41. The molecule has 0 heterocycles. The maximum atomic E-state index is 11.5. The molecule has 0 aromatic carbocycles. The zero-order valence-electron chi connectivity index (χ0n) is 11.1. The third kappa shape index (κ3) is 5.50. The highest BCUT2D eigenvalue weighted by Crippen LogP contribution is 2.31. The number of rotatable bonds is 6. The van der Waals surface area contributed by atoms with Crippen molar-refractivity contribution in [2.24, 2.45) is 5.92 Å². The van der Waals surface area contributed by atoms with Gasteiger partial charge in [0, 0.05) is 13.0 Å². The highest BCUT2D eigenvalue weighted by atomic mass is 16.3. The fourth-order valence-electron chi connectivity index (χ4n) is 2.57. The maximum absolute atomic E-state index is 11.5. The van der Waals surface area contributed by atoms with Crippen LogP contribution in [-0.2, 0) is 4.79 Å². The Balaban J connectivity index is 2.21.